The van der Waals surface area contributed by atoms with Crippen LogP contribution >= 0.6 is 23.1 Å². The molecule has 0 amide bonds. The second-order valence-corrected chi connectivity index (χ2v) is 7.32. The Morgan fingerprint density at radius 2 is 2.12 bits per heavy atom. The number of hydrogen-bond donors (Lipinski definition) is 0. The van der Waals surface area contributed by atoms with Crippen molar-refractivity contribution in [2.24, 2.45) is 0 Å². The van der Waals surface area contributed by atoms with Gasteiger partial charge >= 0.3 is 0 Å². The Balaban J connectivity index is 1.75. The highest BCUT2D eigenvalue weighted by atomic mass is 32.2. The largest absolute Gasteiger partial charge is 0.492 e. The lowest BCUT2D eigenvalue weighted by molar-refractivity contribution is 0.337. The topological polar surface area (TPSA) is 78.6 Å². The molecule has 25 heavy (non-hydrogen) atoms. The van der Waals surface area contributed by atoms with Crippen molar-refractivity contribution in [1.29, 1.82) is 0 Å². The molecule has 0 unspecified atom stereocenters. The van der Waals surface area contributed by atoms with E-state index in [2.05, 4.69) is 38.5 Å². The summed E-state index contributed by atoms with van der Waals surface area (Å²) in [6, 6.07) is 9.77. The van der Waals surface area contributed by atoms with E-state index in [0.717, 1.165) is 26.7 Å². The maximum Gasteiger partial charge on any atom is 0.220 e. The number of fused-ring (bicyclic) bond motifs is 1. The van der Waals surface area contributed by atoms with Gasteiger partial charge in [0.25, 0.3) is 0 Å². The molecule has 0 N–H and O–H groups in total. The number of aromatic nitrogens is 6. The Hall–Kier alpha value is -2.52. The van der Waals surface area contributed by atoms with Gasteiger partial charge in [-0.05, 0) is 54.2 Å². The third-order valence-corrected chi connectivity index (χ3v) is 5.35. The van der Waals surface area contributed by atoms with Crippen LogP contribution in [-0.4, -0.2) is 36.8 Å². The Labute approximate surface area is 152 Å². The molecule has 4 rings (SSSR count). The van der Waals surface area contributed by atoms with Crippen LogP contribution in [0.5, 0.6) is 5.75 Å². The van der Waals surface area contributed by atoms with Crippen LogP contribution in [0.3, 0.4) is 0 Å². The smallest absolute Gasteiger partial charge is 0.220 e. The summed E-state index contributed by atoms with van der Waals surface area (Å²) in [6.45, 7) is 4.58. The molecule has 1 aromatic carbocycles. The SMILES string of the molecule is CCOc1ccccc1-n1nnnc1Sc1ncnc2sc(C)cc12. The third-order valence-electron chi connectivity index (χ3n) is 3.44. The van der Waals surface area contributed by atoms with Crippen LogP contribution < -0.4 is 4.74 Å². The van der Waals surface area contributed by atoms with E-state index >= 15 is 0 Å². The summed E-state index contributed by atoms with van der Waals surface area (Å²) in [5, 5.41) is 14.6. The van der Waals surface area contributed by atoms with Crippen LogP contribution in [0, 0.1) is 6.92 Å². The summed E-state index contributed by atoms with van der Waals surface area (Å²) in [7, 11) is 0. The Kier molecular flexibility index (Phi) is 4.33. The molecule has 3 heterocycles. The van der Waals surface area contributed by atoms with Gasteiger partial charge < -0.3 is 4.74 Å². The second kappa shape index (κ2) is 6.77. The standard InChI is InChI=1S/C16H14N6OS2/c1-3-23-13-7-5-4-6-12(13)22-16(19-20-21-22)25-15-11-8-10(2)24-14(11)17-9-18-15/h4-9H,3H2,1-2H3. The summed E-state index contributed by atoms with van der Waals surface area (Å²) >= 11 is 3.06. The molecule has 0 spiro atoms. The zero-order valence-electron chi connectivity index (χ0n) is 13.6. The number of aryl methyl sites for hydroxylation is 1. The van der Waals surface area contributed by atoms with E-state index in [1.807, 2.05) is 31.2 Å². The molecule has 0 aliphatic rings. The van der Waals surface area contributed by atoms with E-state index in [0.29, 0.717) is 11.8 Å². The van der Waals surface area contributed by atoms with Crippen LogP contribution in [-0.2, 0) is 0 Å². The predicted molar refractivity (Wildman–Crippen MR) is 96.6 cm³/mol. The fraction of sp³-hybridized carbons (Fsp3) is 0.188. The molecule has 0 aliphatic heterocycles. The van der Waals surface area contributed by atoms with Crippen molar-refractivity contribution in [2.45, 2.75) is 24.0 Å². The van der Waals surface area contributed by atoms with E-state index in [4.69, 9.17) is 4.74 Å². The lowest BCUT2D eigenvalue weighted by Crippen LogP contribution is -2.03. The first-order chi connectivity index (χ1) is 12.3. The minimum absolute atomic E-state index is 0.572. The van der Waals surface area contributed by atoms with Gasteiger partial charge in [-0.25, -0.2) is 9.97 Å². The van der Waals surface area contributed by atoms with Crippen LogP contribution in [0.25, 0.3) is 15.9 Å². The van der Waals surface area contributed by atoms with E-state index in [1.165, 1.54) is 16.6 Å². The molecular formula is C16H14N6OS2. The van der Waals surface area contributed by atoms with Gasteiger partial charge in [-0.3, -0.25) is 0 Å². The van der Waals surface area contributed by atoms with Crippen molar-refractivity contribution in [3.05, 3.63) is 41.5 Å². The third kappa shape index (κ3) is 3.08. The second-order valence-electron chi connectivity index (χ2n) is 5.13. The van der Waals surface area contributed by atoms with Gasteiger partial charge in [0.1, 0.15) is 27.6 Å². The molecule has 0 saturated carbocycles. The number of ether oxygens (including phenoxy) is 1. The van der Waals surface area contributed by atoms with Crippen molar-refractivity contribution in [3.63, 3.8) is 0 Å². The molecule has 0 saturated heterocycles. The van der Waals surface area contributed by atoms with Gasteiger partial charge in [-0.15, -0.1) is 16.4 Å². The first-order valence-electron chi connectivity index (χ1n) is 7.66. The van der Waals surface area contributed by atoms with Gasteiger partial charge in [-0.1, -0.05) is 12.1 Å². The van der Waals surface area contributed by atoms with E-state index in [9.17, 15) is 0 Å². The molecule has 7 nitrogen and oxygen atoms in total. The number of hydrogen-bond acceptors (Lipinski definition) is 8. The van der Waals surface area contributed by atoms with Crippen LogP contribution in [0.2, 0.25) is 0 Å². The monoisotopic (exact) mass is 370 g/mol. The average Bonchev–Trinajstić information content (AvgIpc) is 3.22. The number of para-hydroxylation sites is 2. The minimum Gasteiger partial charge on any atom is -0.492 e. The fourth-order valence-corrected chi connectivity index (χ4v) is 4.17. The van der Waals surface area contributed by atoms with E-state index < -0.39 is 0 Å². The molecule has 9 heteroatoms. The zero-order chi connectivity index (χ0) is 17.2. The molecule has 4 aromatic rings. The Morgan fingerprint density at radius 1 is 1.24 bits per heavy atom. The summed E-state index contributed by atoms with van der Waals surface area (Å²) in [5.74, 6) is 0.735. The average molecular weight is 370 g/mol. The normalized spacial score (nSPS) is 11.1. The summed E-state index contributed by atoms with van der Waals surface area (Å²) in [4.78, 5) is 10.9. The minimum atomic E-state index is 0.572. The van der Waals surface area contributed by atoms with Crippen molar-refractivity contribution in [3.8, 4) is 11.4 Å². The number of benzene rings is 1. The quantitative estimate of drug-likeness (QED) is 0.497. The van der Waals surface area contributed by atoms with Gasteiger partial charge in [-0.2, -0.15) is 4.68 Å². The van der Waals surface area contributed by atoms with Gasteiger partial charge in [0.2, 0.25) is 5.16 Å². The van der Waals surface area contributed by atoms with Crippen molar-refractivity contribution in [2.75, 3.05) is 6.61 Å². The molecule has 126 valence electrons. The highest BCUT2D eigenvalue weighted by Crippen LogP contribution is 2.34. The fourth-order valence-electron chi connectivity index (χ4n) is 2.43. The van der Waals surface area contributed by atoms with Gasteiger partial charge in [0.05, 0.1) is 6.61 Å². The van der Waals surface area contributed by atoms with Gasteiger partial charge in [0, 0.05) is 10.3 Å². The number of rotatable bonds is 5. The molecular weight excluding hydrogens is 356 g/mol. The highest BCUT2D eigenvalue weighted by molar-refractivity contribution is 7.99. The van der Waals surface area contributed by atoms with E-state index in [1.54, 1.807) is 22.3 Å². The molecule has 0 atom stereocenters. The van der Waals surface area contributed by atoms with Crippen molar-refractivity contribution in [1.82, 2.24) is 30.2 Å². The number of nitrogens with zero attached hydrogens (tertiary/aromatic N) is 6. The first kappa shape index (κ1) is 16.0. The Morgan fingerprint density at radius 3 is 3.00 bits per heavy atom. The van der Waals surface area contributed by atoms with E-state index in [-0.39, 0.29) is 0 Å². The van der Waals surface area contributed by atoms with Crippen molar-refractivity contribution >= 4 is 33.3 Å². The molecule has 0 aliphatic carbocycles. The molecule has 0 fully saturated rings. The lowest BCUT2D eigenvalue weighted by atomic mass is 10.3. The highest BCUT2D eigenvalue weighted by Gasteiger charge is 2.16. The van der Waals surface area contributed by atoms with Gasteiger partial charge in [0.15, 0.2) is 0 Å². The Bertz CT molecular complexity index is 1030. The molecule has 0 bridgehead atoms. The van der Waals surface area contributed by atoms with Crippen LogP contribution in [0.15, 0.2) is 46.8 Å². The maximum absolute atomic E-state index is 5.69. The first-order valence-corrected chi connectivity index (χ1v) is 9.29. The van der Waals surface area contributed by atoms with Crippen molar-refractivity contribution < 1.29 is 4.74 Å². The molecule has 0 radical (unpaired) electrons. The predicted octanol–water partition coefficient (Wildman–Crippen LogP) is 3.53. The number of thiophene rings is 1. The number of tetrazole rings is 1. The zero-order valence-corrected chi connectivity index (χ0v) is 15.2. The summed E-state index contributed by atoms with van der Waals surface area (Å²) in [5.41, 5.74) is 0.795. The van der Waals surface area contributed by atoms with Crippen LogP contribution in [0.4, 0.5) is 0 Å². The summed E-state index contributed by atoms with van der Waals surface area (Å²) < 4.78 is 7.36. The summed E-state index contributed by atoms with van der Waals surface area (Å²) in [6.07, 6.45) is 1.57. The lowest BCUT2D eigenvalue weighted by Gasteiger charge is -2.10. The molecule has 3 aromatic heterocycles. The van der Waals surface area contributed by atoms with Crippen LogP contribution in [0.1, 0.15) is 11.8 Å². The maximum atomic E-state index is 5.69.